The zero-order chi connectivity index (χ0) is 19.7. The van der Waals surface area contributed by atoms with E-state index in [4.69, 9.17) is 0 Å². The first-order valence-corrected chi connectivity index (χ1v) is 10.5. The maximum atomic E-state index is 2.39. The molecule has 0 unspecified atom stereocenters. The van der Waals surface area contributed by atoms with Crippen LogP contribution in [0.5, 0.6) is 0 Å². The van der Waals surface area contributed by atoms with Crippen molar-refractivity contribution in [2.45, 2.75) is 0 Å². The molecule has 138 valence electrons. The van der Waals surface area contributed by atoms with Crippen LogP contribution in [0.1, 0.15) is 0 Å². The summed E-state index contributed by atoms with van der Waals surface area (Å²) in [6.07, 6.45) is 0. The van der Waals surface area contributed by atoms with Gasteiger partial charge in [-0.2, -0.15) is 0 Å². The molecule has 0 heteroatoms. The van der Waals surface area contributed by atoms with Gasteiger partial charge in [-0.15, -0.1) is 0 Å². The molecule has 0 heterocycles. The lowest BCUT2D eigenvalue weighted by atomic mass is 9.94. The Morgan fingerprint density at radius 1 is 0.333 bits per heavy atom. The molecule has 0 saturated heterocycles. The smallest absolute Gasteiger partial charge is 0.00199 e. The standard InChI is InChI=1S/C30H18/c1-3-11-21-17-27-28-18-22-12-4-2-6-14-24(22)30(28)26-16-20-10-8-7-9-19(20)15-25(26)29(27)23(21)13-5-1/h1-18H. The highest BCUT2D eigenvalue weighted by Crippen LogP contribution is 2.48. The Morgan fingerprint density at radius 2 is 0.733 bits per heavy atom. The monoisotopic (exact) mass is 378 g/mol. The zero-order valence-corrected chi connectivity index (χ0v) is 16.4. The first-order chi connectivity index (χ1) is 14.9. The van der Waals surface area contributed by atoms with Crippen LogP contribution in [-0.4, -0.2) is 0 Å². The van der Waals surface area contributed by atoms with E-state index >= 15 is 0 Å². The van der Waals surface area contributed by atoms with E-state index in [1.54, 1.807) is 0 Å². The summed E-state index contributed by atoms with van der Waals surface area (Å²) in [5, 5.41) is 10.7. The summed E-state index contributed by atoms with van der Waals surface area (Å²) >= 11 is 0. The molecule has 0 amide bonds. The Bertz CT molecular complexity index is 1560. The molecule has 0 aliphatic heterocycles. The molecule has 0 aromatic heterocycles. The topological polar surface area (TPSA) is 0 Å². The van der Waals surface area contributed by atoms with Crippen LogP contribution < -0.4 is 0 Å². The third-order valence-corrected chi connectivity index (χ3v) is 6.54. The van der Waals surface area contributed by atoms with E-state index in [9.17, 15) is 0 Å². The molecule has 0 nitrogen and oxygen atoms in total. The Labute approximate surface area is 174 Å². The third kappa shape index (κ3) is 2.06. The van der Waals surface area contributed by atoms with Crippen LogP contribution in [0.25, 0.3) is 65.3 Å². The zero-order valence-electron chi connectivity index (χ0n) is 16.4. The molecule has 30 heavy (non-hydrogen) atoms. The number of rotatable bonds is 0. The number of hydrogen-bond donors (Lipinski definition) is 0. The van der Waals surface area contributed by atoms with Crippen LogP contribution in [0.2, 0.25) is 0 Å². The summed E-state index contributed by atoms with van der Waals surface area (Å²) in [5.41, 5.74) is 5.25. The molecular formula is C30H18. The van der Waals surface area contributed by atoms with E-state index in [0.717, 1.165) is 0 Å². The Morgan fingerprint density at radius 3 is 1.23 bits per heavy atom. The predicted molar refractivity (Wildman–Crippen MR) is 130 cm³/mol. The van der Waals surface area contributed by atoms with Gasteiger partial charge in [0.2, 0.25) is 0 Å². The minimum atomic E-state index is 1.29. The molecule has 7 rings (SSSR count). The van der Waals surface area contributed by atoms with Gasteiger partial charge in [-0.3, -0.25) is 0 Å². The Hall–Kier alpha value is -3.90. The molecule has 0 spiro atoms. The molecular weight excluding hydrogens is 360 g/mol. The van der Waals surface area contributed by atoms with Gasteiger partial charge in [0.15, 0.2) is 0 Å². The SMILES string of the molecule is c1ccc2cc3c4cc5cccccc-5c4c4cc5ccccc5cc4c3c-2cc1. The number of fused-ring (bicyclic) bond motifs is 11. The normalized spacial score (nSPS) is 12.0. The maximum absolute atomic E-state index is 2.39. The van der Waals surface area contributed by atoms with Gasteiger partial charge in [-0.1, -0.05) is 84.9 Å². The summed E-state index contributed by atoms with van der Waals surface area (Å²) in [4.78, 5) is 0. The van der Waals surface area contributed by atoms with Crippen molar-refractivity contribution in [3.63, 3.8) is 0 Å². The van der Waals surface area contributed by atoms with Crippen molar-refractivity contribution in [1.82, 2.24) is 0 Å². The fourth-order valence-corrected chi connectivity index (χ4v) is 5.23. The summed E-state index contributed by atoms with van der Waals surface area (Å²) in [6, 6.07) is 40.0. The molecule has 3 aromatic carbocycles. The second-order valence-electron chi connectivity index (χ2n) is 8.17. The van der Waals surface area contributed by atoms with Gasteiger partial charge in [0.25, 0.3) is 0 Å². The number of benzene rings is 3. The van der Waals surface area contributed by atoms with Gasteiger partial charge >= 0.3 is 0 Å². The molecule has 3 aromatic rings. The Kier molecular flexibility index (Phi) is 3.09. The van der Waals surface area contributed by atoms with E-state index in [1.165, 1.54) is 65.3 Å². The van der Waals surface area contributed by atoms with Crippen molar-refractivity contribution in [2.75, 3.05) is 0 Å². The predicted octanol–water partition coefficient (Wildman–Crippen LogP) is 8.51. The summed E-state index contributed by atoms with van der Waals surface area (Å²) < 4.78 is 0. The van der Waals surface area contributed by atoms with Crippen molar-refractivity contribution < 1.29 is 0 Å². The van der Waals surface area contributed by atoms with Gasteiger partial charge in [0.1, 0.15) is 0 Å². The van der Waals surface area contributed by atoms with E-state index in [2.05, 4.69) is 109 Å². The van der Waals surface area contributed by atoms with Gasteiger partial charge in [0.05, 0.1) is 0 Å². The van der Waals surface area contributed by atoms with Crippen LogP contribution in [0, 0.1) is 0 Å². The average molecular weight is 378 g/mol. The van der Waals surface area contributed by atoms with Crippen molar-refractivity contribution in [2.24, 2.45) is 0 Å². The Balaban J connectivity index is 1.85. The second-order valence-corrected chi connectivity index (χ2v) is 8.17. The van der Waals surface area contributed by atoms with Gasteiger partial charge < -0.3 is 0 Å². The molecule has 0 atom stereocenters. The largest absolute Gasteiger partial charge is 0.0622 e. The van der Waals surface area contributed by atoms with Crippen LogP contribution in [0.4, 0.5) is 0 Å². The third-order valence-electron chi connectivity index (χ3n) is 6.54. The average Bonchev–Trinajstić information content (AvgIpc) is 3.10. The molecule has 0 N–H and O–H groups in total. The highest BCUT2D eigenvalue weighted by molar-refractivity contribution is 6.35. The number of hydrogen-bond acceptors (Lipinski definition) is 0. The highest BCUT2D eigenvalue weighted by Gasteiger charge is 2.20. The van der Waals surface area contributed by atoms with Crippen molar-refractivity contribution in [3.8, 4) is 22.3 Å². The van der Waals surface area contributed by atoms with Crippen LogP contribution >= 0.6 is 0 Å². The summed E-state index contributed by atoms with van der Waals surface area (Å²) in [6.45, 7) is 0. The van der Waals surface area contributed by atoms with Crippen LogP contribution in [0.3, 0.4) is 0 Å². The molecule has 4 aliphatic carbocycles. The minimum absolute atomic E-state index is 1.29. The minimum Gasteiger partial charge on any atom is -0.0622 e. The molecule has 0 bridgehead atoms. The lowest BCUT2D eigenvalue weighted by molar-refractivity contribution is 1.81. The first-order valence-electron chi connectivity index (χ1n) is 10.5. The van der Waals surface area contributed by atoms with Crippen molar-refractivity contribution in [1.29, 1.82) is 0 Å². The maximum Gasteiger partial charge on any atom is -0.00199 e. The summed E-state index contributed by atoms with van der Waals surface area (Å²) in [7, 11) is 0. The first kappa shape index (κ1) is 16.0. The van der Waals surface area contributed by atoms with E-state index in [0.29, 0.717) is 0 Å². The van der Waals surface area contributed by atoms with Gasteiger partial charge in [-0.05, 0) is 89.6 Å². The second kappa shape index (κ2) is 5.81. The quantitative estimate of drug-likeness (QED) is 0.232. The fourth-order valence-electron chi connectivity index (χ4n) is 5.23. The lowest BCUT2D eigenvalue weighted by Gasteiger charge is -2.09. The van der Waals surface area contributed by atoms with E-state index in [-0.39, 0.29) is 0 Å². The van der Waals surface area contributed by atoms with Crippen molar-refractivity contribution in [3.05, 3.63) is 109 Å². The van der Waals surface area contributed by atoms with Crippen LogP contribution in [-0.2, 0) is 0 Å². The fraction of sp³-hybridized carbons (Fsp3) is 0. The lowest BCUT2D eigenvalue weighted by Crippen LogP contribution is -1.81. The van der Waals surface area contributed by atoms with E-state index in [1.807, 2.05) is 0 Å². The molecule has 0 saturated carbocycles. The molecule has 4 aliphatic rings. The van der Waals surface area contributed by atoms with Gasteiger partial charge in [-0.25, -0.2) is 0 Å². The molecule has 0 radical (unpaired) electrons. The summed E-state index contributed by atoms with van der Waals surface area (Å²) in [5.74, 6) is 0. The molecule has 0 fully saturated rings. The van der Waals surface area contributed by atoms with E-state index < -0.39 is 0 Å². The van der Waals surface area contributed by atoms with Gasteiger partial charge in [0, 0.05) is 0 Å². The highest BCUT2D eigenvalue weighted by atomic mass is 14.2. The van der Waals surface area contributed by atoms with Crippen LogP contribution in [0.15, 0.2) is 109 Å². The van der Waals surface area contributed by atoms with Crippen molar-refractivity contribution >= 4 is 43.1 Å².